The van der Waals surface area contributed by atoms with Crippen molar-refractivity contribution in [1.82, 2.24) is 9.80 Å². The molecule has 2 amide bonds. The first-order valence-corrected chi connectivity index (χ1v) is 18.6. The second-order valence-electron chi connectivity index (χ2n) is 14.5. The molecule has 2 atom stereocenters. The number of fused-ring (bicyclic) bond motifs is 2. The van der Waals surface area contributed by atoms with E-state index >= 15 is 8.78 Å². The summed E-state index contributed by atoms with van der Waals surface area (Å²) in [5, 5.41) is 0. The monoisotopic (exact) mass is 778 g/mol. The van der Waals surface area contributed by atoms with Crippen LogP contribution in [0.5, 0.6) is 0 Å². The Morgan fingerprint density at radius 1 is 0.625 bits per heavy atom. The number of alkyl halides is 2. The van der Waals surface area contributed by atoms with Gasteiger partial charge in [-0.3, -0.25) is 19.2 Å². The van der Waals surface area contributed by atoms with Crippen LogP contribution < -0.4 is 9.80 Å². The van der Waals surface area contributed by atoms with Crippen molar-refractivity contribution in [1.29, 1.82) is 0 Å². The van der Waals surface area contributed by atoms with Crippen LogP contribution in [0.3, 0.4) is 0 Å². The lowest BCUT2D eigenvalue weighted by Gasteiger charge is -2.33. The van der Waals surface area contributed by atoms with E-state index in [1.54, 1.807) is 12.1 Å². The number of amides is 2. The molecule has 2 saturated heterocycles. The van der Waals surface area contributed by atoms with Crippen LogP contribution >= 0.6 is 0 Å². The van der Waals surface area contributed by atoms with Crippen LogP contribution in [0.1, 0.15) is 37.8 Å². The Morgan fingerprint density at radius 3 is 1.38 bits per heavy atom. The predicted molar refractivity (Wildman–Crippen MR) is 199 cm³/mol. The molecule has 0 radical (unpaired) electrons. The molecule has 0 spiro atoms. The van der Waals surface area contributed by atoms with Gasteiger partial charge in [-0.05, 0) is 51.0 Å². The molecule has 296 valence electrons. The fraction of sp³-hybridized carbons (Fsp3) is 0.450. The van der Waals surface area contributed by atoms with Crippen LogP contribution in [0.25, 0.3) is 0 Å². The highest BCUT2D eigenvalue weighted by atomic mass is 19.2. The van der Waals surface area contributed by atoms with Crippen LogP contribution in [-0.4, -0.2) is 122 Å². The normalized spacial score (nSPS) is 21.8. The van der Waals surface area contributed by atoms with E-state index in [9.17, 15) is 28.0 Å². The van der Waals surface area contributed by atoms with E-state index < -0.39 is 34.8 Å². The maximum atomic E-state index is 15.7. The van der Waals surface area contributed by atoms with E-state index in [2.05, 4.69) is 9.98 Å². The SMILES string of the molecule is C[C@@](F)(C(=O)N1CCc2c(F)cccc21)C1=NC(N2CCOCC2)=CC(=O)C1.C[C@](F)(C(=O)N1CCc2c(F)cccc21)C1=NC(N2CCOCC2)=CC(=O)C1. The summed E-state index contributed by atoms with van der Waals surface area (Å²) in [5.74, 6) is -2.34. The molecule has 2 aromatic rings. The third-order valence-corrected chi connectivity index (χ3v) is 10.8. The first-order chi connectivity index (χ1) is 26.8. The minimum Gasteiger partial charge on any atom is -0.378 e. The largest absolute Gasteiger partial charge is 0.378 e. The number of hydrogen-bond donors (Lipinski definition) is 0. The lowest BCUT2D eigenvalue weighted by atomic mass is 9.94. The Morgan fingerprint density at radius 2 is 1.00 bits per heavy atom. The summed E-state index contributed by atoms with van der Waals surface area (Å²) in [5.41, 5.74) is -3.59. The minimum absolute atomic E-state index is 0.114. The molecular formula is C40H42F4N6O6. The van der Waals surface area contributed by atoms with Gasteiger partial charge in [-0.2, -0.15) is 0 Å². The molecule has 0 aromatic heterocycles. The van der Waals surface area contributed by atoms with E-state index in [4.69, 9.17) is 9.47 Å². The van der Waals surface area contributed by atoms with Crippen LogP contribution in [0.4, 0.5) is 28.9 Å². The Hall–Kier alpha value is -5.22. The molecule has 0 saturated carbocycles. The molecule has 2 aromatic carbocycles. The van der Waals surface area contributed by atoms with Crippen molar-refractivity contribution in [2.75, 3.05) is 75.5 Å². The Kier molecular flexibility index (Phi) is 11.0. The Balaban J connectivity index is 0.000000172. The molecule has 0 N–H and O–H groups in total. The zero-order chi connectivity index (χ0) is 39.8. The molecule has 6 heterocycles. The number of hydrogen-bond acceptors (Lipinski definition) is 10. The molecule has 2 fully saturated rings. The second kappa shape index (κ2) is 15.7. The van der Waals surface area contributed by atoms with Gasteiger partial charge in [-0.15, -0.1) is 0 Å². The van der Waals surface area contributed by atoms with Crippen molar-refractivity contribution >= 4 is 46.2 Å². The van der Waals surface area contributed by atoms with Gasteiger partial charge in [0.25, 0.3) is 11.8 Å². The molecule has 6 aliphatic rings. The molecule has 0 bridgehead atoms. The number of benzene rings is 2. The van der Waals surface area contributed by atoms with Gasteiger partial charge in [0.15, 0.2) is 11.6 Å². The average Bonchev–Trinajstić information content (AvgIpc) is 3.84. The van der Waals surface area contributed by atoms with Gasteiger partial charge in [0.1, 0.15) is 23.3 Å². The summed E-state index contributed by atoms with van der Waals surface area (Å²) in [6.07, 6.45) is 2.92. The highest BCUT2D eigenvalue weighted by Gasteiger charge is 2.47. The fourth-order valence-electron chi connectivity index (χ4n) is 7.55. The zero-order valence-electron chi connectivity index (χ0n) is 31.2. The Labute approximate surface area is 321 Å². The van der Waals surface area contributed by atoms with Crippen molar-refractivity contribution in [3.05, 3.63) is 83.0 Å². The smallest absolute Gasteiger partial charge is 0.270 e. The van der Waals surface area contributed by atoms with Crippen LogP contribution in [0, 0.1) is 11.6 Å². The number of aliphatic imine (C=N–C) groups is 2. The maximum Gasteiger partial charge on any atom is 0.270 e. The number of anilines is 2. The molecule has 6 aliphatic heterocycles. The van der Waals surface area contributed by atoms with Gasteiger partial charge in [0, 0.05) is 73.9 Å². The predicted octanol–water partition coefficient (Wildman–Crippen LogP) is 4.06. The van der Waals surface area contributed by atoms with E-state index in [0.29, 0.717) is 99.6 Å². The molecule has 56 heavy (non-hydrogen) atoms. The number of carbonyl (C=O) groups is 4. The number of ketones is 2. The first kappa shape index (κ1) is 39.0. The molecular weight excluding hydrogens is 736 g/mol. The van der Waals surface area contributed by atoms with Crippen LogP contribution in [-0.2, 0) is 41.5 Å². The van der Waals surface area contributed by atoms with E-state index in [-0.39, 0.29) is 48.9 Å². The van der Waals surface area contributed by atoms with Crippen molar-refractivity contribution in [2.45, 2.75) is 50.9 Å². The molecule has 0 unspecified atom stereocenters. The van der Waals surface area contributed by atoms with Gasteiger partial charge in [-0.1, -0.05) is 12.1 Å². The number of carbonyl (C=O) groups excluding carboxylic acids is 4. The van der Waals surface area contributed by atoms with Gasteiger partial charge in [0.2, 0.25) is 11.3 Å². The zero-order valence-corrected chi connectivity index (χ0v) is 31.2. The third-order valence-electron chi connectivity index (χ3n) is 10.8. The third kappa shape index (κ3) is 7.63. The number of ether oxygens (including phenoxy) is 2. The molecule has 12 nitrogen and oxygen atoms in total. The lowest BCUT2D eigenvalue weighted by molar-refractivity contribution is -0.126. The number of allylic oxidation sites excluding steroid dienone is 2. The average molecular weight is 779 g/mol. The Bertz CT molecular complexity index is 1920. The summed E-state index contributed by atoms with van der Waals surface area (Å²) >= 11 is 0. The van der Waals surface area contributed by atoms with Crippen molar-refractivity contribution < 1.29 is 46.2 Å². The number of halogens is 4. The van der Waals surface area contributed by atoms with Crippen LogP contribution in [0.15, 0.2) is 70.2 Å². The van der Waals surface area contributed by atoms with Crippen molar-refractivity contribution in [2.24, 2.45) is 9.98 Å². The summed E-state index contributed by atoms with van der Waals surface area (Å²) in [7, 11) is 0. The molecule has 8 rings (SSSR count). The highest BCUT2D eigenvalue weighted by Crippen LogP contribution is 2.36. The van der Waals surface area contributed by atoms with Gasteiger partial charge < -0.3 is 29.1 Å². The highest BCUT2D eigenvalue weighted by molar-refractivity contribution is 6.24. The van der Waals surface area contributed by atoms with Crippen LogP contribution in [0.2, 0.25) is 0 Å². The number of nitrogens with zero attached hydrogens (tertiary/aromatic N) is 6. The number of rotatable bonds is 6. The minimum atomic E-state index is -2.46. The fourth-order valence-corrected chi connectivity index (χ4v) is 7.55. The standard InChI is InChI=1S/2C20H21F2N3O3/c2*1-20(22,19(27)25-6-5-14-15(21)3-2-4-16(14)25)17-11-13(26)12-18(23-17)24-7-9-28-10-8-24/h2*2-4,12H,5-11H2,1H3/t2*20-/m10/s1. The molecule has 0 aliphatic carbocycles. The lowest BCUT2D eigenvalue weighted by Crippen LogP contribution is -2.50. The molecule has 16 heteroatoms. The van der Waals surface area contributed by atoms with Gasteiger partial charge in [-0.25, -0.2) is 27.5 Å². The van der Waals surface area contributed by atoms with E-state index in [1.807, 2.05) is 9.80 Å². The van der Waals surface area contributed by atoms with E-state index in [1.165, 1.54) is 46.2 Å². The van der Waals surface area contributed by atoms with Crippen molar-refractivity contribution in [3.63, 3.8) is 0 Å². The maximum absolute atomic E-state index is 15.7. The first-order valence-electron chi connectivity index (χ1n) is 18.6. The summed E-state index contributed by atoms with van der Waals surface area (Å²) in [6.45, 7) is 6.83. The number of morpholine rings is 2. The second-order valence-corrected chi connectivity index (χ2v) is 14.5. The summed E-state index contributed by atoms with van der Waals surface area (Å²) in [6, 6.07) is 8.85. The summed E-state index contributed by atoms with van der Waals surface area (Å²) in [4.78, 5) is 65.3. The van der Waals surface area contributed by atoms with Gasteiger partial charge in [0.05, 0.1) is 50.7 Å². The quantitative estimate of drug-likeness (QED) is 0.403. The van der Waals surface area contributed by atoms with Crippen molar-refractivity contribution in [3.8, 4) is 0 Å². The topological polar surface area (TPSA) is 124 Å². The van der Waals surface area contributed by atoms with E-state index in [0.717, 1.165) is 13.8 Å². The van der Waals surface area contributed by atoms with Gasteiger partial charge >= 0.3 is 0 Å². The summed E-state index contributed by atoms with van der Waals surface area (Å²) < 4.78 is 69.9.